The fourth-order valence-corrected chi connectivity index (χ4v) is 1.55. The molecule has 1 N–H and O–H groups in total. The molecule has 1 aromatic rings. The highest BCUT2D eigenvalue weighted by atomic mass is 19.4. The smallest absolute Gasteiger partial charge is 0.395 e. The fourth-order valence-electron chi connectivity index (χ4n) is 1.55. The average Bonchev–Trinajstić information content (AvgIpc) is 2.26. The lowest BCUT2D eigenvalue weighted by Gasteiger charge is -2.23. The topological polar surface area (TPSA) is 40.5 Å². The summed E-state index contributed by atoms with van der Waals surface area (Å²) in [5.41, 5.74) is 0.976. The molecule has 0 aliphatic heterocycles. The Morgan fingerprint density at radius 2 is 2.06 bits per heavy atom. The summed E-state index contributed by atoms with van der Waals surface area (Å²) >= 11 is 0. The van der Waals surface area contributed by atoms with E-state index in [0.717, 1.165) is 5.56 Å². The van der Waals surface area contributed by atoms with E-state index >= 15 is 0 Å². The number of benzene rings is 1. The molecular formula is C12H14F3NO2. The minimum absolute atomic E-state index is 0.188. The predicted octanol–water partition coefficient (Wildman–Crippen LogP) is 1.99. The number of hydrogen-bond acceptors (Lipinski definition) is 2. The number of rotatable bonds is 4. The average molecular weight is 261 g/mol. The lowest BCUT2D eigenvalue weighted by Crippen LogP contribution is -2.40. The van der Waals surface area contributed by atoms with Gasteiger partial charge in [-0.1, -0.05) is 17.7 Å². The monoisotopic (exact) mass is 261 g/mol. The molecule has 18 heavy (non-hydrogen) atoms. The Hall–Kier alpha value is -1.56. The zero-order valence-electron chi connectivity index (χ0n) is 9.87. The van der Waals surface area contributed by atoms with Crippen LogP contribution in [-0.2, 0) is 0 Å². The van der Waals surface area contributed by atoms with Gasteiger partial charge in [0.2, 0.25) is 0 Å². The number of halogens is 3. The molecule has 0 heterocycles. The minimum atomic E-state index is -4.48. The van der Waals surface area contributed by atoms with Crippen LogP contribution in [0.25, 0.3) is 0 Å². The van der Waals surface area contributed by atoms with Crippen LogP contribution in [0.2, 0.25) is 0 Å². The van der Waals surface area contributed by atoms with Crippen molar-refractivity contribution in [1.82, 2.24) is 4.90 Å². The maximum atomic E-state index is 12.3. The Labute approximate surface area is 103 Å². The predicted molar refractivity (Wildman–Crippen MR) is 60.2 cm³/mol. The van der Waals surface area contributed by atoms with Crippen molar-refractivity contribution in [3.63, 3.8) is 0 Å². The number of alkyl halides is 3. The summed E-state index contributed by atoms with van der Waals surface area (Å²) in [6.07, 6.45) is -4.48. The van der Waals surface area contributed by atoms with Crippen molar-refractivity contribution < 1.29 is 23.1 Å². The molecule has 0 spiro atoms. The van der Waals surface area contributed by atoms with Crippen LogP contribution in [0, 0.1) is 6.92 Å². The molecule has 0 fully saturated rings. The molecule has 0 aliphatic carbocycles. The van der Waals surface area contributed by atoms with Crippen molar-refractivity contribution in [3.05, 3.63) is 35.4 Å². The highest BCUT2D eigenvalue weighted by Gasteiger charge is 2.33. The van der Waals surface area contributed by atoms with E-state index in [1.165, 1.54) is 12.1 Å². The zero-order chi connectivity index (χ0) is 13.8. The standard InChI is InChI=1S/C12H14F3NO2/c1-9-3-2-4-10(7-9)11(18)16(5-6-17)8-12(13,14)15/h2-4,7,17H,5-6,8H2,1H3. The van der Waals surface area contributed by atoms with Crippen LogP contribution in [0.3, 0.4) is 0 Å². The molecule has 0 unspecified atom stereocenters. The highest BCUT2D eigenvalue weighted by Crippen LogP contribution is 2.18. The zero-order valence-corrected chi connectivity index (χ0v) is 9.87. The number of carbonyl (C=O) groups is 1. The van der Waals surface area contributed by atoms with Gasteiger partial charge in [0.25, 0.3) is 5.91 Å². The molecule has 3 nitrogen and oxygen atoms in total. The maximum absolute atomic E-state index is 12.3. The summed E-state index contributed by atoms with van der Waals surface area (Å²) in [4.78, 5) is 12.5. The number of aliphatic hydroxyl groups excluding tert-OH is 1. The summed E-state index contributed by atoms with van der Waals surface area (Å²) in [6.45, 7) is -0.461. The number of carbonyl (C=O) groups excluding carboxylic acids is 1. The van der Waals surface area contributed by atoms with Gasteiger partial charge in [-0.3, -0.25) is 4.79 Å². The highest BCUT2D eigenvalue weighted by molar-refractivity contribution is 5.94. The number of nitrogens with zero attached hydrogens (tertiary/aromatic N) is 1. The Bertz CT molecular complexity index is 418. The van der Waals surface area contributed by atoms with Crippen LogP contribution in [0.5, 0.6) is 0 Å². The minimum Gasteiger partial charge on any atom is -0.395 e. The largest absolute Gasteiger partial charge is 0.406 e. The van der Waals surface area contributed by atoms with Crippen molar-refractivity contribution in [1.29, 1.82) is 0 Å². The Kier molecular flexibility index (Phi) is 4.72. The third-order valence-corrected chi connectivity index (χ3v) is 2.29. The Morgan fingerprint density at radius 1 is 1.39 bits per heavy atom. The lowest BCUT2D eigenvalue weighted by molar-refractivity contribution is -0.141. The van der Waals surface area contributed by atoms with E-state index < -0.39 is 25.2 Å². The van der Waals surface area contributed by atoms with Gasteiger partial charge in [0.15, 0.2) is 0 Å². The second kappa shape index (κ2) is 5.86. The normalized spacial score (nSPS) is 11.4. The maximum Gasteiger partial charge on any atom is 0.406 e. The second-order valence-corrected chi connectivity index (χ2v) is 3.93. The number of aryl methyl sites for hydroxylation is 1. The molecule has 0 atom stereocenters. The molecule has 0 saturated heterocycles. The van der Waals surface area contributed by atoms with Crippen LogP contribution >= 0.6 is 0 Å². The summed E-state index contributed by atoms with van der Waals surface area (Å²) in [6, 6.07) is 6.32. The van der Waals surface area contributed by atoms with Gasteiger partial charge in [0, 0.05) is 12.1 Å². The first-order valence-electron chi connectivity index (χ1n) is 5.37. The van der Waals surface area contributed by atoms with Crippen LogP contribution in [0.15, 0.2) is 24.3 Å². The van der Waals surface area contributed by atoms with Gasteiger partial charge < -0.3 is 10.0 Å². The summed E-state index contributed by atoms with van der Waals surface area (Å²) in [7, 11) is 0. The van der Waals surface area contributed by atoms with Crippen molar-refractivity contribution in [3.8, 4) is 0 Å². The van der Waals surface area contributed by atoms with E-state index in [1.54, 1.807) is 19.1 Å². The first kappa shape index (κ1) is 14.5. The third kappa shape index (κ3) is 4.37. The van der Waals surface area contributed by atoms with E-state index in [4.69, 9.17) is 5.11 Å². The summed E-state index contributed by atoms with van der Waals surface area (Å²) < 4.78 is 36.9. The van der Waals surface area contributed by atoms with E-state index in [9.17, 15) is 18.0 Å². The molecule has 0 saturated carbocycles. The van der Waals surface area contributed by atoms with Crippen molar-refractivity contribution in [2.24, 2.45) is 0 Å². The summed E-state index contributed by atoms with van der Waals surface area (Å²) in [5.74, 6) is -0.731. The Balaban J connectivity index is 2.89. The lowest BCUT2D eigenvalue weighted by atomic mass is 10.1. The van der Waals surface area contributed by atoms with Crippen LogP contribution in [0.1, 0.15) is 15.9 Å². The molecule has 100 valence electrons. The number of amides is 1. The van der Waals surface area contributed by atoms with Gasteiger partial charge in [-0.25, -0.2) is 0 Å². The second-order valence-electron chi connectivity index (χ2n) is 3.93. The van der Waals surface area contributed by atoms with E-state index in [2.05, 4.69) is 0 Å². The fraction of sp³-hybridized carbons (Fsp3) is 0.417. The number of aliphatic hydroxyl groups is 1. The molecule has 0 aliphatic rings. The van der Waals surface area contributed by atoms with Gasteiger partial charge in [0.05, 0.1) is 6.61 Å². The number of hydrogen-bond donors (Lipinski definition) is 1. The van der Waals surface area contributed by atoms with Gasteiger partial charge in [0.1, 0.15) is 6.54 Å². The molecule has 0 radical (unpaired) electrons. The molecule has 0 bridgehead atoms. The van der Waals surface area contributed by atoms with Crippen LogP contribution in [0.4, 0.5) is 13.2 Å². The molecule has 1 amide bonds. The van der Waals surface area contributed by atoms with Crippen molar-refractivity contribution in [2.75, 3.05) is 19.7 Å². The molecule has 0 aromatic heterocycles. The van der Waals surface area contributed by atoms with Gasteiger partial charge in [-0.05, 0) is 19.1 Å². The molecular weight excluding hydrogens is 247 g/mol. The van der Waals surface area contributed by atoms with Crippen LogP contribution in [-0.4, -0.2) is 41.8 Å². The SMILES string of the molecule is Cc1cccc(C(=O)N(CCO)CC(F)(F)F)c1. The van der Waals surface area contributed by atoms with Gasteiger partial charge in [-0.15, -0.1) is 0 Å². The van der Waals surface area contributed by atoms with Gasteiger partial charge in [-0.2, -0.15) is 13.2 Å². The quantitative estimate of drug-likeness (QED) is 0.900. The van der Waals surface area contributed by atoms with E-state index in [1.807, 2.05) is 0 Å². The van der Waals surface area contributed by atoms with Crippen molar-refractivity contribution >= 4 is 5.91 Å². The summed E-state index contributed by atoms with van der Waals surface area (Å²) in [5, 5.41) is 8.72. The third-order valence-electron chi connectivity index (χ3n) is 2.29. The Morgan fingerprint density at radius 3 is 2.56 bits per heavy atom. The van der Waals surface area contributed by atoms with Crippen LogP contribution < -0.4 is 0 Å². The molecule has 6 heteroatoms. The first-order valence-corrected chi connectivity index (χ1v) is 5.37. The van der Waals surface area contributed by atoms with E-state index in [-0.39, 0.29) is 12.1 Å². The van der Waals surface area contributed by atoms with Crippen molar-refractivity contribution in [2.45, 2.75) is 13.1 Å². The molecule has 1 aromatic carbocycles. The first-order chi connectivity index (χ1) is 8.33. The van der Waals surface area contributed by atoms with Gasteiger partial charge >= 0.3 is 6.18 Å². The van der Waals surface area contributed by atoms with E-state index in [0.29, 0.717) is 4.90 Å². The molecule has 1 rings (SSSR count).